The van der Waals surface area contributed by atoms with Crippen LogP contribution in [0.15, 0.2) is 53.6 Å². The van der Waals surface area contributed by atoms with Crippen LogP contribution in [0, 0.1) is 0 Å². The molecule has 0 fully saturated rings. The van der Waals surface area contributed by atoms with E-state index in [0.717, 1.165) is 10.9 Å². The lowest BCUT2D eigenvalue weighted by atomic mass is 10.0. The average molecular weight is 375 g/mol. The van der Waals surface area contributed by atoms with Gasteiger partial charge in [0.25, 0.3) is 5.91 Å². The smallest absolute Gasteiger partial charge is 0.271 e. The van der Waals surface area contributed by atoms with Crippen molar-refractivity contribution in [1.82, 2.24) is 5.43 Å². The van der Waals surface area contributed by atoms with E-state index in [9.17, 15) is 15.0 Å². The normalized spacial score (nSPS) is 11.1. The van der Waals surface area contributed by atoms with Crippen LogP contribution in [0.5, 0.6) is 11.5 Å². The Kier molecular flexibility index (Phi) is 4.79. The maximum atomic E-state index is 12.1. The third kappa shape index (κ3) is 3.52. The molecule has 0 radical (unpaired) electrons. The predicted molar refractivity (Wildman–Crippen MR) is 98.8 cm³/mol. The molecule has 3 N–H and O–H groups in total. The molecule has 0 saturated heterocycles. The second-order valence-corrected chi connectivity index (χ2v) is 6.02. The summed E-state index contributed by atoms with van der Waals surface area (Å²) in [7, 11) is 0. The second kappa shape index (κ2) is 7.01. The number of benzene rings is 3. The minimum Gasteiger partial charge on any atom is -0.507 e. The molecule has 25 heavy (non-hydrogen) atoms. The molecule has 126 valence electrons. The van der Waals surface area contributed by atoms with Crippen LogP contribution in [0.1, 0.15) is 15.9 Å². The molecule has 0 aliphatic carbocycles. The molecule has 0 atom stereocenters. The number of hydrazone groups is 1. The van der Waals surface area contributed by atoms with Crippen molar-refractivity contribution < 1.29 is 15.0 Å². The summed E-state index contributed by atoms with van der Waals surface area (Å²) >= 11 is 11.6. The zero-order chi connectivity index (χ0) is 18.0. The van der Waals surface area contributed by atoms with Crippen LogP contribution in [0.25, 0.3) is 10.8 Å². The van der Waals surface area contributed by atoms with Gasteiger partial charge in [0, 0.05) is 16.5 Å². The summed E-state index contributed by atoms with van der Waals surface area (Å²) in [5, 5.41) is 24.8. The standard InChI is InChI=1S/C18H12Cl2N2O3/c19-14-7-11(8-15(20)17(14)24)18(25)22-21-9-10-5-6-16(23)13-4-2-1-3-12(10)13/h1-9,23-24H,(H,22,25). The summed E-state index contributed by atoms with van der Waals surface area (Å²) in [4.78, 5) is 12.1. The summed E-state index contributed by atoms with van der Waals surface area (Å²) in [5.41, 5.74) is 3.27. The van der Waals surface area contributed by atoms with E-state index >= 15 is 0 Å². The molecule has 0 bridgehead atoms. The lowest BCUT2D eigenvalue weighted by Gasteiger charge is -2.05. The third-order valence-corrected chi connectivity index (χ3v) is 4.16. The van der Waals surface area contributed by atoms with Crippen LogP contribution in [0.4, 0.5) is 0 Å². The van der Waals surface area contributed by atoms with E-state index in [0.29, 0.717) is 5.39 Å². The van der Waals surface area contributed by atoms with Crippen LogP contribution in [-0.2, 0) is 0 Å². The van der Waals surface area contributed by atoms with Gasteiger partial charge >= 0.3 is 0 Å². The van der Waals surface area contributed by atoms with E-state index in [-0.39, 0.29) is 27.1 Å². The number of nitrogens with one attached hydrogen (secondary N) is 1. The van der Waals surface area contributed by atoms with Gasteiger partial charge in [-0.2, -0.15) is 5.10 Å². The number of hydrogen-bond donors (Lipinski definition) is 3. The van der Waals surface area contributed by atoms with Gasteiger partial charge in [-0.3, -0.25) is 4.79 Å². The number of nitrogens with zero attached hydrogens (tertiary/aromatic N) is 1. The van der Waals surface area contributed by atoms with Crippen LogP contribution in [-0.4, -0.2) is 22.3 Å². The Labute approximate surface area is 153 Å². The molecule has 0 unspecified atom stereocenters. The van der Waals surface area contributed by atoms with Crippen LogP contribution < -0.4 is 5.43 Å². The Morgan fingerprint density at radius 1 is 1.00 bits per heavy atom. The Balaban J connectivity index is 1.82. The summed E-state index contributed by atoms with van der Waals surface area (Å²) < 4.78 is 0. The first-order valence-electron chi connectivity index (χ1n) is 7.19. The first-order valence-corrected chi connectivity index (χ1v) is 7.95. The third-order valence-electron chi connectivity index (χ3n) is 3.58. The summed E-state index contributed by atoms with van der Waals surface area (Å²) in [5.74, 6) is -0.632. The molecule has 1 amide bonds. The molecule has 0 spiro atoms. The highest BCUT2D eigenvalue weighted by Crippen LogP contribution is 2.32. The zero-order valence-corrected chi connectivity index (χ0v) is 14.2. The fourth-order valence-corrected chi connectivity index (χ4v) is 2.83. The number of carbonyl (C=O) groups is 1. The highest BCUT2D eigenvalue weighted by molar-refractivity contribution is 6.37. The fourth-order valence-electron chi connectivity index (χ4n) is 2.34. The molecule has 0 heterocycles. The summed E-state index contributed by atoms with van der Waals surface area (Å²) in [6.45, 7) is 0. The quantitative estimate of drug-likeness (QED) is 0.471. The predicted octanol–water partition coefficient (Wildman–Crippen LogP) is 4.32. The number of phenolic OH excluding ortho intramolecular Hbond substituents is 2. The van der Waals surface area contributed by atoms with Crippen molar-refractivity contribution in [2.24, 2.45) is 5.10 Å². The number of halogens is 2. The van der Waals surface area contributed by atoms with Crippen molar-refractivity contribution in [3.63, 3.8) is 0 Å². The molecular weight excluding hydrogens is 363 g/mol. The topological polar surface area (TPSA) is 81.9 Å². The summed E-state index contributed by atoms with van der Waals surface area (Å²) in [6, 6.07) is 13.2. The minimum absolute atomic E-state index is 0.0221. The molecule has 3 aromatic carbocycles. The Morgan fingerprint density at radius 2 is 1.64 bits per heavy atom. The van der Waals surface area contributed by atoms with Crippen molar-refractivity contribution in [2.75, 3.05) is 0 Å². The number of amides is 1. The van der Waals surface area contributed by atoms with Crippen LogP contribution in [0.2, 0.25) is 10.0 Å². The highest BCUT2D eigenvalue weighted by atomic mass is 35.5. The van der Waals surface area contributed by atoms with Crippen LogP contribution in [0.3, 0.4) is 0 Å². The number of carbonyl (C=O) groups excluding carboxylic acids is 1. The first-order chi connectivity index (χ1) is 12.0. The molecule has 5 nitrogen and oxygen atoms in total. The lowest BCUT2D eigenvalue weighted by molar-refractivity contribution is 0.0955. The molecule has 0 aromatic heterocycles. The number of hydrogen-bond acceptors (Lipinski definition) is 4. The van der Waals surface area contributed by atoms with Crippen molar-refractivity contribution in [3.8, 4) is 11.5 Å². The van der Waals surface area contributed by atoms with Crippen molar-refractivity contribution >= 4 is 46.1 Å². The van der Waals surface area contributed by atoms with Gasteiger partial charge in [0.1, 0.15) is 5.75 Å². The first kappa shape index (κ1) is 17.1. The SMILES string of the molecule is O=C(NN=Cc1ccc(O)c2ccccc12)c1cc(Cl)c(O)c(Cl)c1. The summed E-state index contributed by atoms with van der Waals surface area (Å²) in [6.07, 6.45) is 1.48. The number of phenols is 2. The fraction of sp³-hybridized carbons (Fsp3) is 0. The van der Waals surface area contributed by atoms with Gasteiger partial charge in [-0.25, -0.2) is 5.43 Å². The molecule has 7 heteroatoms. The minimum atomic E-state index is -0.525. The van der Waals surface area contributed by atoms with Gasteiger partial charge in [0.15, 0.2) is 5.75 Å². The van der Waals surface area contributed by atoms with Crippen molar-refractivity contribution in [1.29, 1.82) is 0 Å². The number of fused-ring (bicyclic) bond motifs is 1. The van der Waals surface area contributed by atoms with Gasteiger partial charge in [-0.15, -0.1) is 0 Å². The van der Waals surface area contributed by atoms with Gasteiger partial charge in [-0.05, 0) is 29.7 Å². The van der Waals surface area contributed by atoms with Gasteiger partial charge < -0.3 is 10.2 Å². The Morgan fingerprint density at radius 3 is 2.32 bits per heavy atom. The number of aromatic hydroxyl groups is 2. The maximum Gasteiger partial charge on any atom is 0.271 e. The zero-order valence-electron chi connectivity index (χ0n) is 12.7. The van der Waals surface area contributed by atoms with E-state index < -0.39 is 5.91 Å². The van der Waals surface area contributed by atoms with Gasteiger partial charge in [0.2, 0.25) is 0 Å². The van der Waals surface area contributed by atoms with Crippen molar-refractivity contribution in [2.45, 2.75) is 0 Å². The molecular formula is C18H12Cl2N2O3. The lowest BCUT2D eigenvalue weighted by Crippen LogP contribution is -2.17. The van der Waals surface area contributed by atoms with E-state index in [1.165, 1.54) is 18.3 Å². The second-order valence-electron chi connectivity index (χ2n) is 5.21. The molecule has 0 aliphatic heterocycles. The highest BCUT2D eigenvalue weighted by Gasteiger charge is 2.12. The van der Waals surface area contributed by atoms with Crippen LogP contribution >= 0.6 is 23.2 Å². The average Bonchev–Trinajstić information content (AvgIpc) is 2.61. The molecule has 3 aromatic rings. The van der Waals surface area contributed by atoms with E-state index in [1.54, 1.807) is 18.2 Å². The number of rotatable bonds is 3. The van der Waals surface area contributed by atoms with E-state index in [1.807, 2.05) is 18.2 Å². The molecule has 3 rings (SSSR count). The van der Waals surface area contributed by atoms with E-state index in [4.69, 9.17) is 23.2 Å². The molecule has 0 aliphatic rings. The van der Waals surface area contributed by atoms with E-state index in [2.05, 4.69) is 10.5 Å². The largest absolute Gasteiger partial charge is 0.507 e. The Bertz CT molecular complexity index is 980. The maximum absolute atomic E-state index is 12.1. The van der Waals surface area contributed by atoms with Gasteiger partial charge in [0.05, 0.1) is 16.3 Å². The van der Waals surface area contributed by atoms with Gasteiger partial charge in [-0.1, -0.05) is 47.5 Å². The van der Waals surface area contributed by atoms with Crippen molar-refractivity contribution in [3.05, 3.63) is 69.7 Å². The Hall–Kier alpha value is -2.76. The monoisotopic (exact) mass is 374 g/mol. The molecule has 0 saturated carbocycles.